The van der Waals surface area contributed by atoms with Gasteiger partial charge in [0.2, 0.25) is 0 Å². The van der Waals surface area contributed by atoms with Crippen LogP contribution in [0.25, 0.3) is 0 Å². The van der Waals surface area contributed by atoms with Crippen LogP contribution in [0.15, 0.2) is 20.9 Å². The molecule has 0 aromatic carbocycles. The highest BCUT2D eigenvalue weighted by atomic mass is 79.9. The van der Waals surface area contributed by atoms with Gasteiger partial charge in [0, 0.05) is 46.1 Å². The smallest absolute Gasteiger partial charge is 0.262 e. The number of aryl methyl sites for hydroxylation is 1. The maximum atomic E-state index is 12.5. The van der Waals surface area contributed by atoms with Gasteiger partial charge in [-0.2, -0.15) is 9.40 Å². The van der Waals surface area contributed by atoms with E-state index in [1.807, 2.05) is 11.4 Å². The largest absolute Gasteiger partial charge is 0.326 e. The number of rotatable bonds is 5. The van der Waals surface area contributed by atoms with E-state index in [1.165, 1.54) is 22.7 Å². The maximum absolute atomic E-state index is 12.5. The van der Waals surface area contributed by atoms with Gasteiger partial charge in [-0.15, -0.1) is 11.3 Å². The summed E-state index contributed by atoms with van der Waals surface area (Å²) < 4.78 is 27.3. The molecule has 20 heavy (non-hydrogen) atoms. The first-order valence-electron chi connectivity index (χ1n) is 5.79. The average Bonchev–Trinajstić information content (AvgIpc) is 2.95. The number of H-pyrrole nitrogens is 1. The zero-order chi connectivity index (χ0) is 14.9. The summed E-state index contributed by atoms with van der Waals surface area (Å²) in [5, 5.41) is 8.49. The lowest BCUT2D eigenvalue weighted by molar-refractivity contribution is 0.465. The summed E-state index contributed by atoms with van der Waals surface area (Å²) in [6.45, 7) is 2.19. The Kier molecular flexibility index (Phi) is 4.65. The number of hydrogen-bond donors (Lipinski definition) is 2. The van der Waals surface area contributed by atoms with Gasteiger partial charge < -0.3 is 5.73 Å². The Bertz CT molecular complexity index is 708. The van der Waals surface area contributed by atoms with Gasteiger partial charge in [-0.05, 0) is 28.9 Å². The summed E-state index contributed by atoms with van der Waals surface area (Å²) in [6.07, 6.45) is 0. The summed E-state index contributed by atoms with van der Waals surface area (Å²) in [7, 11) is -2.11. The predicted molar refractivity (Wildman–Crippen MR) is 81.9 cm³/mol. The van der Waals surface area contributed by atoms with Crippen molar-refractivity contribution >= 4 is 37.3 Å². The van der Waals surface area contributed by atoms with Crippen molar-refractivity contribution in [2.24, 2.45) is 5.73 Å². The topological polar surface area (TPSA) is 92.1 Å². The first kappa shape index (κ1) is 15.6. The van der Waals surface area contributed by atoms with E-state index < -0.39 is 10.0 Å². The molecular formula is C11H15BrN4O2S2. The van der Waals surface area contributed by atoms with Crippen molar-refractivity contribution < 1.29 is 8.42 Å². The normalized spacial score (nSPS) is 12.2. The second-order valence-corrected chi connectivity index (χ2v) is 8.20. The highest BCUT2D eigenvalue weighted by Gasteiger charge is 2.27. The summed E-state index contributed by atoms with van der Waals surface area (Å²) in [5.74, 6) is 0. The van der Waals surface area contributed by atoms with E-state index in [-0.39, 0.29) is 11.6 Å². The third-order valence-electron chi connectivity index (χ3n) is 2.90. The molecule has 0 aliphatic carbocycles. The maximum Gasteiger partial charge on any atom is 0.262 e. The Labute approximate surface area is 130 Å². The van der Waals surface area contributed by atoms with E-state index in [0.717, 1.165) is 9.35 Å². The molecule has 0 bridgehead atoms. The number of aromatic amines is 1. The van der Waals surface area contributed by atoms with E-state index in [0.29, 0.717) is 17.8 Å². The number of aromatic nitrogens is 2. The molecule has 0 atom stereocenters. The molecule has 6 nitrogen and oxygen atoms in total. The standard InChI is InChI=1S/C11H15BrN4O2S2/c1-7-10(4-13)11(15-14-7)20(17,18)16(2)5-9-3-8(12)6-19-9/h3,6H,4-5,13H2,1-2H3,(H,14,15). The van der Waals surface area contributed by atoms with E-state index in [4.69, 9.17) is 5.73 Å². The Morgan fingerprint density at radius 3 is 2.80 bits per heavy atom. The minimum atomic E-state index is -3.65. The fraction of sp³-hybridized carbons (Fsp3) is 0.364. The van der Waals surface area contributed by atoms with Gasteiger partial charge in [0.05, 0.1) is 0 Å². The number of sulfonamides is 1. The number of hydrogen-bond acceptors (Lipinski definition) is 5. The van der Waals surface area contributed by atoms with Crippen LogP contribution >= 0.6 is 27.3 Å². The van der Waals surface area contributed by atoms with Crippen LogP contribution in [0.1, 0.15) is 16.1 Å². The molecule has 2 rings (SSSR count). The Morgan fingerprint density at radius 1 is 1.55 bits per heavy atom. The van der Waals surface area contributed by atoms with Crippen molar-refractivity contribution in [3.63, 3.8) is 0 Å². The molecule has 0 aliphatic heterocycles. The van der Waals surface area contributed by atoms with Crippen molar-refractivity contribution in [3.8, 4) is 0 Å². The average molecular weight is 379 g/mol. The summed E-state index contributed by atoms with van der Waals surface area (Å²) in [4.78, 5) is 0.949. The molecule has 2 aromatic heterocycles. The number of thiophene rings is 1. The molecule has 0 amide bonds. The van der Waals surface area contributed by atoms with Crippen molar-refractivity contribution in [2.75, 3.05) is 7.05 Å². The van der Waals surface area contributed by atoms with E-state index in [2.05, 4.69) is 26.1 Å². The molecule has 2 aromatic rings. The lowest BCUT2D eigenvalue weighted by Gasteiger charge is -2.15. The van der Waals surface area contributed by atoms with Gasteiger partial charge in [0.25, 0.3) is 10.0 Å². The second-order valence-electron chi connectivity index (χ2n) is 4.33. The highest BCUT2D eigenvalue weighted by Crippen LogP contribution is 2.24. The molecule has 0 saturated carbocycles. The molecule has 3 N–H and O–H groups in total. The molecule has 0 unspecified atom stereocenters. The molecular weight excluding hydrogens is 364 g/mol. The Hall–Kier alpha value is -0.740. The van der Waals surface area contributed by atoms with Crippen LogP contribution in [0.3, 0.4) is 0 Å². The van der Waals surface area contributed by atoms with Gasteiger partial charge in [-0.25, -0.2) is 8.42 Å². The van der Waals surface area contributed by atoms with Crippen LogP contribution in [-0.4, -0.2) is 30.0 Å². The van der Waals surface area contributed by atoms with E-state index >= 15 is 0 Å². The molecule has 0 fully saturated rings. The fourth-order valence-corrected chi connectivity index (χ4v) is 4.67. The van der Waals surface area contributed by atoms with E-state index in [9.17, 15) is 8.42 Å². The minimum Gasteiger partial charge on any atom is -0.326 e. The third-order valence-corrected chi connectivity index (χ3v) is 6.35. The molecule has 110 valence electrons. The second kappa shape index (κ2) is 5.94. The first-order valence-corrected chi connectivity index (χ1v) is 8.90. The van der Waals surface area contributed by atoms with Crippen molar-refractivity contribution in [1.29, 1.82) is 0 Å². The van der Waals surface area contributed by atoms with Crippen LogP contribution in [0.4, 0.5) is 0 Å². The number of nitrogens with two attached hydrogens (primary N) is 1. The Morgan fingerprint density at radius 2 is 2.25 bits per heavy atom. The van der Waals surface area contributed by atoms with Crippen molar-refractivity contribution in [2.45, 2.75) is 25.0 Å². The third kappa shape index (κ3) is 2.96. The van der Waals surface area contributed by atoms with Gasteiger partial charge in [0.1, 0.15) is 0 Å². The van der Waals surface area contributed by atoms with Gasteiger partial charge in [0.15, 0.2) is 5.03 Å². The van der Waals surface area contributed by atoms with Crippen molar-refractivity contribution in [3.05, 3.63) is 32.1 Å². The highest BCUT2D eigenvalue weighted by molar-refractivity contribution is 9.10. The SMILES string of the molecule is Cc1[nH]nc(S(=O)(=O)N(C)Cc2cc(Br)cs2)c1CN. The summed E-state index contributed by atoms with van der Waals surface area (Å²) in [6, 6.07) is 1.90. The number of nitrogens with zero attached hydrogens (tertiary/aromatic N) is 2. The summed E-state index contributed by atoms with van der Waals surface area (Å²) >= 11 is 4.85. The molecule has 0 saturated heterocycles. The van der Waals surface area contributed by atoms with Gasteiger partial charge in [-0.3, -0.25) is 5.10 Å². The molecule has 0 aliphatic rings. The predicted octanol–water partition coefficient (Wildman–Crippen LogP) is 1.82. The minimum absolute atomic E-state index is 0.00984. The Balaban J connectivity index is 2.29. The zero-order valence-corrected chi connectivity index (χ0v) is 14.3. The van der Waals surface area contributed by atoms with Crippen LogP contribution in [0, 0.1) is 6.92 Å². The number of halogens is 1. The quantitative estimate of drug-likeness (QED) is 0.829. The zero-order valence-electron chi connectivity index (χ0n) is 11.1. The fourth-order valence-electron chi connectivity index (χ4n) is 1.77. The molecule has 0 radical (unpaired) electrons. The van der Waals surface area contributed by atoms with Crippen LogP contribution in [0.2, 0.25) is 0 Å². The van der Waals surface area contributed by atoms with E-state index in [1.54, 1.807) is 6.92 Å². The van der Waals surface area contributed by atoms with Crippen LogP contribution in [-0.2, 0) is 23.1 Å². The molecule has 2 heterocycles. The lowest BCUT2D eigenvalue weighted by Crippen LogP contribution is -2.27. The van der Waals surface area contributed by atoms with Crippen LogP contribution < -0.4 is 5.73 Å². The molecule has 9 heteroatoms. The summed E-state index contributed by atoms with van der Waals surface area (Å²) in [5.41, 5.74) is 6.81. The van der Waals surface area contributed by atoms with Crippen molar-refractivity contribution in [1.82, 2.24) is 14.5 Å². The monoisotopic (exact) mass is 378 g/mol. The molecule has 0 spiro atoms. The van der Waals surface area contributed by atoms with Gasteiger partial charge in [-0.1, -0.05) is 0 Å². The van der Waals surface area contributed by atoms with Gasteiger partial charge >= 0.3 is 0 Å². The lowest BCUT2D eigenvalue weighted by atomic mass is 10.3. The van der Waals surface area contributed by atoms with Crippen LogP contribution in [0.5, 0.6) is 0 Å². The number of nitrogens with one attached hydrogen (secondary N) is 1. The first-order chi connectivity index (χ1) is 9.36.